The van der Waals surface area contributed by atoms with Crippen LogP contribution in [0.4, 0.5) is 0 Å². The van der Waals surface area contributed by atoms with E-state index in [0.29, 0.717) is 34.1 Å². The van der Waals surface area contributed by atoms with Gasteiger partial charge in [0.1, 0.15) is 5.37 Å². The number of hydrogen-bond donors (Lipinski definition) is 0. The molecule has 1 atom stereocenters. The zero-order valence-electron chi connectivity index (χ0n) is 15.8. The van der Waals surface area contributed by atoms with Crippen molar-refractivity contribution in [3.05, 3.63) is 33.8 Å². The summed E-state index contributed by atoms with van der Waals surface area (Å²) in [5, 5.41) is 1.04. The van der Waals surface area contributed by atoms with Crippen molar-refractivity contribution in [2.24, 2.45) is 11.8 Å². The molecule has 27 heavy (non-hydrogen) atoms. The van der Waals surface area contributed by atoms with Gasteiger partial charge in [0, 0.05) is 26.1 Å². The van der Waals surface area contributed by atoms with Crippen LogP contribution in [-0.4, -0.2) is 47.0 Å². The maximum atomic E-state index is 12.5. The second kappa shape index (κ2) is 9.06. The first-order valence-electron chi connectivity index (χ1n) is 9.49. The van der Waals surface area contributed by atoms with E-state index in [4.69, 9.17) is 23.2 Å². The molecule has 1 aromatic carbocycles. The molecule has 0 aromatic heterocycles. The Morgan fingerprint density at radius 3 is 2.56 bits per heavy atom. The number of halogens is 2. The van der Waals surface area contributed by atoms with Gasteiger partial charge in [-0.05, 0) is 42.4 Å². The fraction of sp³-hybridized carbons (Fsp3) is 0.600. The molecule has 2 amide bonds. The van der Waals surface area contributed by atoms with Crippen molar-refractivity contribution >= 4 is 46.8 Å². The molecule has 0 radical (unpaired) electrons. The molecule has 1 aromatic rings. The number of carbonyl (C=O) groups excluding carboxylic acids is 2. The van der Waals surface area contributed by atoms with Crippen LogP contribution in [0.25, 0.3) is 0 Å². The summed E-state index contributed by atoms with van der Waals surface area (Å²) in [6.45, 7) is 6.48. The fourth-order valence-electron chi connectivity index (χ4n) is 3.72. The molecule has 0 spiro atoms. The predicted octanol–water partition coefficient (Wildman–Crippen LogP) is 4.85. The predicted molar refractivity (Wildman–Crippen MR) is 112 cm³/mol. The molecular weight excluding hydrogens is 403 g/mol. The van der Waals surface area contributed by atoms with Crippen LogP contribution in [0.2, 0.25) is 10.0 Å². The molecule has 1 unspecified atom stereocenters. The second-order valence-electron chi connectivity index (χ2n) is 7.81. The summed E-state index contributed by atoms with van der Waals surface area (Å²) in [7, 11) is 0. The van der Waals surface area contributed by atoms with E-state index in [2.05, 4.69) is 13.8 Å². The largest absolute Gasteiger partial charge is 0.343 e. The Hall–Kier alpha value is -0.910. The number of hydrogen-bond acceptors (Lipinski definition) is 3. The van der Waals surface area contributed by atoms with Crippen LogP contribution >= 0.6 is 35.0 Å². The molecule has 2 aliphatic rings. The molecule has 0 aliphatic carbocycles. The normalized spacial score (nSPS) is 21.4. The highest BCUT2D eigenvalue weighted by Gasteiger charge is 2.35. The number of amides is 2. The minimum atomic E-state index is -0.00660. The van der Waals surface area contributed by atoms with Gasteiger partial charge in [-0.1, -0.05) is 43.1 Å². The van der Waals surface area contributed by atoms with E-state index in [-0.39, 0.29) is 17.2 Å². The summed E-state index contributed by atoms with van der Waals surface area (Å²) in [4.78, 5) is 28.7. The van der Waals surface area contributed by atoms with Crippen LogP contribution in [0.3, 0.4) is 0 Å². The molecule has 2 fully saturated rings. The van der Waals surface area contributed by atoms with Crippen molar-refractivity contribution < 1.29 is 9.59 Å². The summed E-state index contributed by atoms with van der Waals surface area (Å²) in [6, 6.07) is 5.60. The van der Waals surface area contributed by atoms with E-state index in [9.17, 15) is 9.59 Å². The number of nitrogens with zero attached hydrogens (tertiary/aromatic N) is 2. The Morgan fingerprint density at radius 1 is 1.22 bits per heavy atom. The molecule has 148 valence electrons. The molecule has 0 bridgehead atoms. The summed E-state index contributed by atoms with van der Waals surface area (Å²) in [6.07, 6.45) is 2.52. The van der Waals surface area contributed by atoms with Gasteiger partial charge in [-0.15, -0.1) is 11.8 Å². The highest BCUT2D eigenvalue weighted by molar-refractivity contribution is 8.00. The summed E-state index contributed by atoms with van der Waals surface area (Å²) in [5.74, 6) is 1.75. The molecule has 3 rings (SSSR count). The van der Waals surface area contributed by atoms with Crippen molar-refractivity contribution in [2.45, 2.75) is 38.5 Å². The van der Waals surface area contributed by atoms with Crippen molar-refractivity contribution in [3.8, 4) is 0 Å². The number of likely N-dealkylation sites (tertiary alicyclic amines) is 1. The average Bonchev–Trinajstić information content (AvgIpc) is 2.98. The monoisotopic (exact) mass is 428 g/mol. The van der Waals surface area contributed by atoms with E-state index in [1.165, 1.54) is 0 Å². The zero-order valence-corrected chi connectivity index (χ0v) is 18.1. The average molecular weight is 429 g/mol. The van der Waals surface area contributed by atoms with Gasteiger partial charge in [0.05, 0.1) is 15.8 Å². The van der Waals surface area contributed by atoms with Gasteiger partial charge >= 0.3 is 0 Å². The Balaban J connectivity index is 1.60. The van der Waals surface area contributed by atoms with Gasteiger partial charge in [0.2, 0.25) is 11.8 Å². The zero-order chi connectivity index (χ0) is 19.6. The molecular formula is C20H26Cl2N2O2S. The topological polar surface area (TPSA) is 40.6 Å². The van der Waals surface area contributed by atoms with Crippen molar-refractivity contribution in [1.82, 2.24) is 9.80 Å². The Kier molecular flexibility index (Phi) is 6.98. The van der Waals surface area contributed by atoms with Crippen LogP contribution < -0.4 is 0 Å². The number of carbonyl (C=O) groups is 2. The summed E-state index contributed by atoms with van der Waals surface area (Å²) in [5.41, 5.74) is 1.02. The standard InChI is InChI=1S/C20H26Cl2N2O2S/c1-13(2)9-18(25)23-7-5-14(6-8-23)11-24-19(26)12-27-20(24)15-3-4-16(21)17(22)10-15/h3-4,10,13-14,20H,5-9,11-12H2,1-2H3. The lowest BCUT2D eigenvalue weighted by Crippen LogP contribution is -2.42. The molecule has 2 aliphatic heterocycles. The first-order valence-corrected chi connectivity index (χ1v) is 11.3. The van der Waals surface area contributed by atoms with Gasteiger partial charge in [0.15, 0.2) is 0 Å². The quantitative estimate of drug-likeness (QED) is 0.672. The number of benzene rings is 1. The van der Waals surface area contributed by atoms with Crippen LogP contribution in [0.5, 0.6) is 0 Å². The Morgan fingerprint density at radius 2 is 1.93 bits per heavy atom. The molecule has 0 saturated carbocycles. The number of piperidine rings is 1. The van der Waals surface area contributed by atoms with Crippen molar-refractivity contribution in [3.63, 3.8) is 0 Å². The first kappa shape index (κ1) is 20.8. The maximum absolute atomic E-state index is 12.5. The van der Waals surface area contributed by atoms with E-state index < -0.39 is 0 Å². The van der Waals surface area contributed by atoms with Crippen molar-refractivity contribution in [1.29, 1.82) is 0 Å². The van der Waals surface area contributed by atoms with E-state index in [1.54, 1.807) is 17.8 Å². The summed E-state index contributed by atoms with van der Waals surface area (Å²) < 4.78 is 0. The second-order valence-corrected chi connectivity index (χ2v) is 9.69. The SMILES string of the molecule is CC(C)CC(=O)N1CCC(CN2C(=O)CSC2c2ccc(Cl)c(Cl)c2)CC1. The first-order chi connectivity index (χ1) is 12.8. The Bertz CT molecular complexity index is 705. The lowest BCUT2D eigenvalue weighted by molar-refractivity contribution is -0.134. The van der Waals surface area contributed by atoms with E-state index in [1.807, 2.05) is 21.9 Å². The van der Waals surface area contributed by atoms with Crippen LogP contribution in [-0.2, 0) is 9.59 Å². The third-order valence-corrected chi connectivity index (χ3v) is 7.20. The Labute approximate surface area is 175 Å². The lowest BCUT2D eigenvalue weighted by Gasteiger charge is -2.35. The van der Waals surface area contributed by atoms with E-state index >= 15 is 0 Å². The third kappa shape index (κ3) is 5.12. The molecule has 4 nitrogen and oxygen atoms in total. The molecule has 2 saturated heterocycles. The van der Waals surface area contributed by atoms with Gasteiger partial charge < -0.3 is 9.80 Å². The number of rotatable bonds is 5. The van der Waals surface area contributed by atoms with Crippen molar-refractivity contribution in [2.75, 3.05) is 25.4 Å². The molecule has 0 N–H and O–H groups in total. The van der Waals surface area contributed by atoms with Gasteiger partial charge in [-0.3, -0.25) is 9.59 Å². The van der Waals surface area contributed by atoms with E-state index in [0.717, 1.165) is 38.0 Å². The minimum Gasteiger partial charge on any atom is -0.343 e. The summed E-state index contributed by atoms with van der Waals surface area (Å²) >= 11 is 13.8. The van der Waals surface area contributed by atoms with Crippen LogP contribution in [0.15, 0.2) is 18.2 Å². The third-order valence-electron chi connectivity index (χ3n) is 5.20. The molecule has 2 heterocycles. The molecule has 7 heteroatoms. The van der Waals surface area contributed by atoms with Gasteiger partial charge in [0.25, 0.3) is 0 Å². The van der Waals surface area contributed by atoms with Crippen LogP contribution in [0, 0.1) is 11.8 Å². The van der Waals surface area contributed by atoms with Gasteiger partial charge in [-0.2, -0.15) is 0 Å². The fourth-order valence-corrected chi connectivity index (χ4v) is 5.21. The maximum Gasteiger partial charge on any atom is 0.233 e. The van der Waals surface area contributed by atoms with Gasteiger partial charge in [-0.25, -0.2) is 0 Å². The number of thioether (sulfide) groups is 1. The van der Waals surface area contributed by atoms with Crippen LogP contribution in [0.1, 0.15) is 44.0 Å². The smallest absolute Gasteiger partial charge is 0.233 e. The highest BCUT2D eigenvalue weighted by atomic mass is 35.5. The highest BCUT2D eigenvalue weighted by Crippen LogP contribution is 2.41. The minimum absolute atomic E-state index is 0.00660. The lowest BCUT2D eigenvalue weighted by atomic mass is 9.95.